The second kappa shape index (κ2) is 0.463. The third-order valence-electron chi connectivity index (χ3n) is 2.43. The summed E-state index contributed by atoms with van der Waals surface area (Å²) in [7, 11) is 0. The summed E-state index contributed by atoms with van der Waals surface area (Å²) < 4.78 is 0. The largest absolute Gasteiger partial charge is 0.327 e. The van der Waals surface area contributed by atoms with E-state index in [0.29, 0.717) is 11.5 Å². The SMILES string of the molecule is CC12CC1C2N. The van der Waals surface area contributed by atoms with Gasteiger partial charge in [0.05, 0.1) is 0 Å². The molecule has 0 aromatic rings. The molecule has 3 atom stereocenters. The van der Waals surface area contributed by atoms with Gasteiger partial charge in [-0.05, 0) is 17.8 Å². The van der Waals surface area contributed by atoms with Gasteiger partial charge in [0.15, 0.2) is 0 Å². The van der Waals surface area contributed by atoms with E-state index in [1.165, 1.54) is 6.42 Å². The molecular formula is C5H9N. The van der Waals surface area contributed by atoms with E-state index in [9.17, 15) is 0 Å². The minimum absolute atomic E-state index is 0.595. The summed E-state index contributed by atoms with van der Waals surface area (Å²) in [6, 6.07) is 0.595. The zero-order chi connectivity index (χ0) is 4.36. The predicted molar refractivity (Wildman–Crippen MR) is 24.2 cm³/mol. The molecule has 2 fully saturated rings. The summed E-state index contributed by atoms with van der Waals surface area (Å²) in [5.41, 5.74) is 6.20. The van der Waals surface area contributed by atoms with Crippen LogP contribution in [0.4, 0.5) is 0 Å². The minimum Gasteiger partial charge on any atom is -0.327 e. The van der Waals surface area contributed by atoms with E-state index in [0.717, 1.165) is 5.92 Å². The zero-order valence-corrected chi connectivity index (χ0v) is 3.94. The Hall–Kier alpha value is -0.0400. The first-order valence-corrected chi connectivity index (χ1v) is 2.51. The molecule has 34 valence electrons. The van der Waals surface area contributed by atoms with Crippen LogP contribution in [0, 0.1) is 11.3 Å². The molecule has 2 saturated carbocycles. The normalized spacial score (nSPS) is 73.0. The number of rotatable bonds is 0. The molecule has 0 spiro atoms. The van der Waals surface area contributed by atoms with Gasteiger partial charge in [-0.3, -0.25) is 0 Å². The number of nitrogens with two attached hydrogens (primary N) is 1. The van der Waals surface area contributed by atoms with Crippen LogP contribution >= 0.6 is 0 Å². The summed E-state index contributed by atoms with van der Waals surface area (Å²) in [4.78, 5) is 0. The second-order valence-electron chi connectivity index (χ2n) is 2.84. The van der Waals surface area contributed by atoms with E-state index in [1.807, 2.05) is 0 Å². The Balaban J connectivity index is 2.23. The first-order chi connectivity index (χ1) is 2.75. The van der Waals surface area contributed by atoms with Crippen LogP contribution in [0.15, 0.2) is 0 Å². The minimum atomic E-state index is 0.595. The standard InChI is InChI=1S/C5H9N/c1-5-2-3(5)4(5)6/h3-4H,2,6H2,1H3. The summed E-state index contributed by atoms with van der Waals surface area (Å²) in [6.45, 7) is 2.27. The van der Waals surface area contributed by atoms with Gasteiger partial charge in [-0.2, -0.15) is 0 Å². The summed E-state index contributed by atoms with van der Waals surface area (Å²) >= 11 is 0. The fraction of sp³-hybridized carbons (Fsp3) is 1.00. The van der Waals surface area contributed by atoms with Gasteiger partial charge in [-0.25, -0.2) is 0 Å². The van der Waals surface area contributed by atoms with E-state index in [2.05, 4.69) is 6.92 Å². The van der Waals surface area contributed by atoms with Gasteiger partial charge in [0.2, 0.25) is 0 Å². The van der Waals surface area contributed by atoms with Crippen LogP contribution in [-0.4, -0.2) is 6.04 Å². The summed E-state index contributed by atoms with van der Waals surface area (Å²) in [6.07, 6.45) is 1.41. The van der Waals surface area contributed by atoms with Crippen molar-refractivity contribution in [3.05, 3.63) is 0 Å². The van der Waals surface area contributed by atoms with Gasteiger partial charge < -0.3 is 5.73 Å². The molecule has 0 bridgehead atoms. The van der Waals surface area contributed by atoms with Crippen molar-refractivity contribution in [2.75, 3.05) is 0 Å². The molecule has 2 rings (SSSR count). The Labute approximate surface area is 37.5 Å². The van der Waals surface area contributed by atoms with Gasteiger partial charge >= 0.3 is 0 Å². The summed E-state index contributed by atoms with van der Waals surface area (Å²) in [5, 5.41) is 0. The Kier molecular flexibility index (Phi) is 0.234. The van der Waals surface area contributed by atoms with Crippen LogP contribution in [0.25, 0.3) is 0 Å². The van der Waals surface area contributed by atoms with E-state index in [4.69, 9.17) is 5.73 Å². The van der Waals surface area contributed by atoms with Crippen molar-refractivity contribution in [2.24, 2.45) is 17.1 Å². The highest BCUT2D eigenvalue weighted by atomic mass is 14.9. The van der Waals surface area contributed by atoms with E-state index < -0.39 is 0 Å². The topological polar surface area (TPSA) is 26.0 Å². The quantitative estimate of drug-likeness (QED) is 0.449. The average Bonchev–Trinajstić information content (AvgIpc) is 2.24. The van der Waals surface area contributed by atoms with Crippen molar-refractivity contribution < 1.29 is 0 Å². The van der Waals surface area contributed by atoms with Crippen molar-refractivity contribution in [1.29, 1.82) is 0 Å². The third-order valence-corrected chi connectivity index (χ3v) is 2.43. The van der Waals surface area contributed by atoms with Crippen molar-refractivity contribution in [2.45, 2.75) is 19.4 Å². The number of fused-ring (bicyclic) bond motifs is 1. The Morgan fingerprint density at radius 3 is 2.17 bits per heavy atom. The monoisotopic (exact) mass is 83.1 g/mol. The van der Waals surface area contributed by atoms with Gasteiger partial charge in [-0.1, -0.05) is 6.92 Å². The first-order valence-electron chi connectivity index (χ1n) is 2.51. The molecule has 0 aromatic heterocycles. The lowest BCUT2D eigenvalue weighted by Gasteiger charge is -1.94. The summed E-state index contributed by atoms with van der Waals surface area (Å²) in [5.74, 6) is 0.942. The van der Waals surface area contributed by atoms with E-state index in [1.54, 1.807) is 0 Å². The van der Waals surface area contributed by atoms with Crippen LogP contribution < -0.4 is 5.73 Å². The fourth-order valence-electron chi connectivity index (χ4n) is 1.22. The first kappa shape index (κ1) is 3.03. The van der Waals surface area contributed by atoms with Crippen LogP contribution in [0.2, 0.25) is 0 Å². The van der Waals surface area contributed by atoms with E-state index in [-0.39, 0.29) is 0 Å². The van der Waals surface area contributed by atoms with Gasteiger partial charge in [0.1, 0.15) is 0 Å². The maximum atomic E-state index is 5.55. The molecule has 0 saturated heterocycles. The van der Waals surface area contributed by atoms with Gasteiger partial charge in [0, 0.05) is 6.04 Å². The lowest BCUT2D eigenvalue weighted by molar-refractivity contribution is 0.628. The highest BCUT2D eigenvalue weighted by Crippen LogP contribution is 2.73. The Morgan fingerprint density at radius 1 is 1.83 bits per heavy atom. The van der Waals surface area contributed by atoms with Crippen LogP contribution in [0.3, 0.4) is 0 Å². The highest BCUT2D eigenvalue weighted by Gasteiger charge is 2.73. The molecule has 3 unspecified atom stereocenters. The highest BCUT2D eigenvalue weighted by molar-refractivity contribution is 5.26. The number of hydrogen-bond donors (Lipinski definition) is 1. The van der Waals surface area contributed by atoms with Crippen molar-refractivity contribution in [3.8, 4) is 0 Å². The predicted octanol–water partition coefficient (Wildman–Crippen LogP) is 0.354. The molecule has 2 aliphatic rings. The van der Waals surface area contributed by atoms with Crippen LogP contribution in [0.5, 0.6) is 0 Å². The van der Waals surface area contributed by atoms with E-state index >= 15 is 0 Å². The Bertz CT molecular complexity index is 94.1. The molecule has 1 heteroatoms. The number of hydrogen-bond acceptors (Lipinski definition) is 1. The van der Waals surface area contributed by atoms with Crippen molar-refractivity contribution >= 4 is 0 Å². The fourth-order valence-corrected chi connectivity index (χ4v) is 1.22. The van der Waals surface area contributed by atoms with Gasteiger partial charge in [0.25, 0.3) is 0 Å². The molecule has 2 N–H and O–H groups in total. The van der Waals surface area contributed by atoms with Crippen LogP contribution in [-0.2, 0) is 0 Å². The molecule has 0 aromatic carbocycles. The Morgan fingerprint density at radius 2 is 2.17 bits per heavy atom. The average molecular weight is 83.1 g/mol. The zero-order valence-electron chi connectivity index (χ0n) is 3.94. The molecule has 6 heavy (non-hydrogen) atoms. The molecule has 1 nitrogen and oxygen atoms in total. The maximum Gasteiger partial charge on any atom is 0.0131 e. The molecule has 0 amide bonds. The lowest BCUT2D eigenvalue weighted by atomic mass is 10.2. The van der Waals surface area contributed by atoms with Crippen molar-refractivity contribution in [1.82, 2.24) is 0 Å². The lowest BCUT2D eigenvalue weighted by Crippen LogP contribution is -2.12. The molecule has 2 aliphatic carbocycles. The van der Waals surface area contributed by atoms with Crippen LogP contribution in [0.1, 0.15) is 13.3 Å². The second-order valence-corrected chi connectivity index (χ2v) is 2.84. The smallest absolute Gasteiger partial charge is 0.0131 e. The van der Waals surface area contributed by atoms with Crippen molar-refractivity contribution in [3.63, 3.8) is 0 Å². The molecule has 0 radical (unpaired) electrons. The molecule has 0 heterocycles. The maximum absolute atomic E-state index is 5.55. The van der Waals surface area contributed by atoms with Gasteiger partial charge in [-0.15, -0.1) is 0 Å². The molecular weight excluding hydrogens is 74.1 g/mol. The third kappa shape index (κ3) is 0.121. The molecule has 0 aliphatic heterocycles.